The van der Waals surface area contributed by atoms with Crippen molar-refractivity contribution in [1.82, 2.24) is 4.98 Å². The molecule has 2 amide bonds. The minimum absolute atomic E-state index is 0.120. The van der Waals surface area contributed by atoms with E-state index in [0.717, 1.165) is 3.57 Å². The molecule has 2 aromatic carbocycles. The van der Waals surface area contributed by atoms with Crippen molar-refractivity contribution in [2.75, 3.05) is 17.2 Å². The summed E-state index contributed by atoms with van der Waals surface area (Å²) in [4.78, 5) is 28.4. The molecule has 1 heterocycles. The van der Waals surface area contributed by atoms with E-state index in [2.05, 4.69) is 38.2 Å². The lowest BCUT2D eigenvalue weighted by Crippen LogP contribution is -2.20. The van der Waals surface area contributed by atoms with Crippen LogP contribution in [0, 0.1) is 3.57 Å². The van der Waals surface area contributed by atoms with Gasteiger partial charge in [-0.05, 0) is 77.2 Å². The van der Waals surface area contributed by atoms with Gasteiger partial charge in [0, 0.05) is 21.0 Å². The molecule has 136 valence electrons. The Balaban J connectivity index is 1.57. The lowest BCUT2D eigenvalue weighted by Gasteiger charge is -2.09. The number of nitrogens with one attached hydrogen (secondary N) is 2. The quantitative estimate of drug-likeness (QED) is 0.532. The van der Waals surface area contributed by atoms with Crippen LogP contribution in [0.15, 0.2) is 72.9 Å². The van der Waals surface area contributed by atoms with E-state index in [1.54, 1.807) is 60.8 Å². The summed E-state index contributed by atoms with van der Waals surface area (Å²) >= 11 is 2.20. The van der Waals surface area contributed by atoms with Crippen LogP contribution in [0.2, 0.25) is 0 Å². The summed E-state index contributed by atoms with van der Waals surface area (Å²) in [5.74, 6) is 0.465. The summed E-state index contributed by atoms with van der Waals surface area (Å²) in [5.41, 5.74) is 0.928. The fraction of sp³-hybridized carbons (Fsp3) is 0.0500. The monoisotopic (exact) mass is 473 g/mol. The first-order chi connectivity index (χ1) is 13.1. The number of aromatic nitrogens is 1. The van der Waals surface area contributed by atoms with Crippen LogP contribution in [0.3, 0.4) is 0 Å². The van der Waals surface area contributed by atoms with E-state index in [9.17, 15) is 9.59 Å². The Hall–Kier alpha value is -2.94. The van der Waals surface area contributed by atoms with Gasteiger partial charge in [-0.2, -0.15) is 0 Å². The summed E-state index contributed by atoms with van der Waals surface area (Å²) in [7, 11) is 0. The molecule has 27 heavy (non-hydrogen) atoms. The Morgan fingerprint density at radius 2 is 1.78 bits per heavy atom. The number of nitrogens with zero attached hydrogens (tertiary/aromatic N) is 1. The number of benzene rings is 2. The van der Waals surface area contributed by atoms with Crippen LogP contribution in [-0.4, -0.2) is 23.4 Å². The van der Waals surface area contributed by atoms with Gasteiger partial charge in [0.05, 0.1) is 0 Å². The number of ether oxygens (including phenoxy) is 1. The lowest BCUT2D eigenvalue weighted by molar-refractivity contribution is -0.118. The Morgan fingerprint density at radius 1 is 0.963 bits per heavy atom. The van der Waals surface area contributed by atoms with E-state index >= 15 is 0 Å². The predicted octanol–water partition coefficient (Wildman–Crippen LogP) is 3.96. The number of anilines is 2. The van der Waals surface area contributed by atoms with E-state index in [0.29, 0.717) is 22.8 Å². The van der Waals surface area contributed by atoms with Crippen LogP contribution in [-0.2, 0) is 4.79 Å². The minimum atomic E-state index is -0.309. The molecule has 0 fully saturated rings. The zero-order valence-electron chi connectivity index (χ0n) is 14.2. The number of amides is 2. The highest BCUT2D eigenvalue weighted by atomic mass is 127. The van der Waals surface area contributed by atoms with Gasteiger partial charge in [-0.1, -0.05) is 12.1 Å². The summed E-state index contributed by atoms with van der Waals surface area (Å²) in [6, 6.07) is 19.3. The van der Waals surface area contributed by atoms with E-state index in [-0.39, 0.29) is 18.4 Å². The maximum absolute atomic E-state index is 12.3. The fourth-order valence-electron chi connectivity index (χ4n) is 2.24. The lowest BCUT2D eigenvalue weighted by atomic mass is 10.2. The van der Waals surface area contributed by atoms with Crippen molar-refractivity contribution in [3.63, 3.8) is 0 Å². The molecule has 0 saturated heterocycles. The summed E-state index contributed by atoms with van der Waals surface area (Å²) in [6.45, 7) is -0.120. The average molecular weight is 473 g/mol. The first-order valence-electron chi connectivity index (χ1n) is 8.11. The molecule has 0 aliphatic heterocycles. The van der Waals surface area contributed by atoms with Gasteiger partial charge >= 0.3 is 0 Å². The van der Waals surface area contributed by atoms with Crippen molar-refractivity contribution < 1.29 is 14.3 Å². The molecule has 0 aliphatic rings. The highest BCUT2D eigenvalue weighted by molar-refractivity contribution is 14.1. The van der Waals surface area contributed by atoms with Crippen molar-refractivity contribution in [1.29, 1.82) is 0 Å². The number of pyridine rings is 1. The number of carbonyl (C=O) groups excluding carboxylic acids is 2. The number of halogens is 1. The smallest absolute Gasteiger partial charge is 0.262 e. The molecule has 2 N–H and O–H groups in total. The highest BCUT2D eigenvalue weighted by Crippen LogP contribution is 2.15. The molecule has 3 aromatic rings. The van der Waals surface area contributed by atoms with E-state index < -0.39 is 0 Å². The largest absolute Gasteiger partial charge is 0.484 e. The molecular weight excluding hydrogens is 457 g/mol. The zero-order valence-corrected chi connectivity index (χ0v) is 16.3. The molecule has 0 radical (unpaired) electrons. The second-order valence-electron chi connectivity index (χ2n) is 5.54. The average Bonchev–Trinajstić information content (AvgIpc) is 2.68. The molecule has 0 bridgehead atoms. The van der Waals surface area contributed by atoms with Crippen LogP contribution in [0.4, 0.5) is 11.5 Å². The standard InChI is InChI=1S/C20H16IN3O3/c21-15-7-9-17(10-8-15)27-13-19(25)23-16-5-3-4-14(12-16)20(26)24-18-6-1-2-11-22-18/h1-12H,13H2,(H,23,25)(H,22,24,26). The predicted molar refractivity (Wildman–Crippen MR) is 112 cm³/mol. The van der Waals surface area contributed by atoms with Gasteiger partial charge in [-0.15, -0.1) is 0 Å². The van der Waals surface area contributed by atoms with Gasteiger partial charge in [-0.25, -0.2) is 4.98 Å². The number of rotatable bonds is 6. The number of hydrogen-bond acceptors (Lipinski definition) is 4. The third-order valence-electron chi connectivity index (χ3n) is 3.50. The fourth-order valence-corrected chi connectivity index (χ4v) is 2.60. The summed E-state index contributed by atoms with van der Waals surface area (Å²) < 4.78 is 6.54. The summed E-state index contributed by atoms with van der Waals surface area (Å²) in [6.07, 6.45) is 1.60. The molecule has 0 atom stereocenters. The van der Waals surface area contributed by atoms with Crippen molar-refractivity contribution >= 4 is 45.9 Å². The first kappa shape index (κ1) is 18.8. The molecule has 3 rings (SSSR count). The molecule has 0 aliphatic carbocycles. The van der Waals surface area contributed by atoms with Crippen molar-refractivity contribution in [2.24, 2.45) is 0 Å². The Morgan fingerprint density at radius 3 is 2.52 bits per heavy atom. The molecule has 7 heteroatoms. The molecule has 0 spiro atoms. The Kier molecular flexibility index (Phi) is 6.37. The van der Waals surface area contributed by atoms with Gasteiger partial charge in [0.1, 0.15) is 11.6 Å². The van der Waals surface area contributed by atoms with Crippen molar-refractivity contribution in [3.05, 3.63) is 82.1 Å². The topological polar surface area (TPSA) is 80.3 Å². The first-order valence-corrected chi connectivity index (χ1v) is 9.19. The van der Waals surface area contributed by atoms with E-state index in [1.807, 2.05) is 12.1 Å². The maximum atomic E-state index is 12.3. The third kappa shape index (κ3) is 5.78. The molecule has 1 aromatic heterocycles. The van der Waals surface area contributed by atoms with Crippen molar-refractivity contribution in [3.8, 4) is 5.75 Å². The van der Waals surface area contributed by atoms with E-state index in [1.165, 1.54) is 0 Å². The minimum Gasteiger partial charge on any atom is -0.484 e. The summed E-state index contributed by atoms with van der Waals surface area (Å²) in [5, 5.41) is 5.42. The van der Waals surface area contributed by atoms with Crippen LogP contribution in [0.25, 0.3) is 0 Å². The van der Waals surface area contributed by atoms with Gasteiger partial charge in [-0.3, -0.25) is 9.59 Å². The van der Waals surface area contributed by atoms with Crippen LogP contribution >= 0.6 is 22.6 Å². The second kappa shape index (κ2) is 9.13. The molecule has 6 nitrogen and oxygen atoms in total. The van der Waals surface area contributed by atoms with Crippen molar-refractivity contribution in [2.45, 2.75) is 0 Å². The van der Waals surface area contributed by atoms with Gasteiger partial charge in [0.2, 0.25) is 0 Å². The Labute approximate surface area is 170 Å². The van der Waals surface area contributed by atoms with Gasteiger partial charge < -0.3 is 15.4 Å². The third-order valence-corrected chi connectivity index (χ3v) is 4.22. The molecular formula is C20H16IN3O3. The van der Waals surface area contributed by atoms with E-state index in [4.69, 9.17) is 4.74 Å². The maximum Gasteiger partial charge on any atom is 0.262 e. The Bertz CT molecular complexity index is 931. The number of carbonyl (C=O) groups is 2. The second-order valence-corrected chi connectivity index (χ2v) is 6.79. The molecule has 0 unspecified atom stereocenters. The zero-order chi connectivity index (χ0) is 19.1. The van der Waals surface area contributed by atoms with Gasteiger partial charge in [0.25, 0.3) is 11.8 Å². The van der Waals surface area contributed by atoms with Crippen LogP contribution in [0.1, 0.15) is 10.4 Å². The molecule has 0 saturated carbocycles. The van der Waals surface area contributed by atoms with Crippen LogP contribution in [0.5, 0.6) is 5.75 Å². The SMILES string of the molecule is O=C(COc1ccc(I)cc1)Nc1cccc(C(=O)Nc2ccccn2)c1. The van der Waals surface area contributed by atoms with Crippen LogP contribution < -0.4 is 15.4 Å². The highest BCUT2D eigenvalue weighted by Gasteiger charge is 2.09. The van der Waals surface area contributed by atoms with Gasteiger partial charge in [0.15, 0.2) is 6.61 Å². The number of hydrogen-bond donors (Lipinski definition) is 2. The normalized spacial score (nSPS) is 10.1.